The first-order valence-electron chi connectivity index (χ1n) is 0.724. The summed E-state index contributed by atoms with van der Waals surface area (Å²) in [6.45, 7) is 0. The third kappa shape index (κ3) is 28.3. The molecule has 5 heavy (non-hydrogen) atoms. The van der Waals surface area contributed by atoms with Crippen LogP contribution in [0.25, 0.3) is 0 Å². The molecule has 0 aliphatic carbocycles. The van der Waals surface area contributed by atoms with Crippen LogP contribution in [0.4, 0.5) is 0 Å². The van der Waals surface area contributed by atoms with Gasteiger partial charge in [0.2, 0.25) is 0 Å². The van der Waals surface area contributed by atoms with Gasteiger partial charge >= 0.3 is 54.4 Å². The van der Waals surface area contributed by atoms with E-state index in [4.69, 9.17) is 5.26 Å². The summed E-state index contributed by atoms with van der Waals surface area (Å²) in [6, 6.07) is 0. The van der Waals surface area contributed by atoms with E-state index >= 15 is 0 Å². The van der Waals surface area contributed by atoms with E-state index in [1.54, 1.807) is 0 Å². The van der Waals surface area contributed by atoms with Gasteiger partial charge in [0.15, 0.2) is 0 Å². The van der Waals surface area contributed by atoms with Crippen LogP contribution < -0.4 is 0 Å². The monoisotopic (exact) mass is 139 g/mol. The second-order valence-electron chi connectivity index (χ2n) is 0.224. The first-order chi connectivity index (χ1) is 1.41. The maximum absolute atomic E-state index is 7.40. The molecule has 2 nitrogen and oxygen atoms in total. The molecule has 26 valence electrons. The third-order valence-corrected chi connectivity index (χ3v) is 0. The molecule has 0 atom stereocenters. The molecular formula is CH2FeKNO. The molecule has 0 aliphatic rings. The number of hydrogen-bond donors (Lipinski definition) is 0. The van der Waals surface area contributed by atoms with Gasteiger partial charge in [-0.3, -0.25) is 0 Å². The molecule has 0 heterocycles. The first-order valence-corrected chi connectivity index (χ1v) is 2.29. The van der Waals surface area contributed by atoms with Gasteiger partial charge in [0.25, 0.3) is 0 Å². The average Bonchev–Trinajstić information content (AvgIpc) is 0.918. The van der Waals surface area contributed by atoms with Gasteiger partial charge in [0.05, 0.1) is 0 Å². The molecule has 0 fully saturated rings. The molecule has 0 saturated carbocycles. The zero-order valence-electron chi connectivity index (χ0n) is 2.80. The minimum Gasteiger partial charge on any atom is -0.412 e. The van der Waals surface area contributed by atoms with Crippen molar-refractivity contribution in [3.05, 3.63) is 0 Å². The minimum atomic E-state index is 0. The molecule has 0 aromatic heterocycles. The summed E-state index contributed by atoms with van der Waals surface area (Å²) in [7, 11) is 0. The van der Waals surface area contributed by atoms with E-state index in [-0.39, 0.29) is 22.5 Å². The number of rotatable bonds is 0. The molecule has 0 rings (SSSR count). The molecular weight excluding hydrogens is 137 g/mol. The van der Waals surface area contributed by atoms with Gasteiger partial charge in [-0.2, -0.15) is 0 Å². The maximum atomic E-state index is 7.40. The second kappa shape index (κ2) is 17.5. The van der Waals surface area contributed by atoms with E-state index in [2.05, 4.69) is 0 Å². The molecule has 2 N–H and O–H groups in total. The molecule has 0 aliphatic heterocycles. The predicted molar refractivity (Wildman–Crippen MR) is 15.0 cm³/mol. The van der Waals surface area contributed by atoms with Gasteiger partial charge in [0.1, 0.15) is 0 Å². The Balaban J connectivity index is -0.0000000200. The van der Waals surface area contributed by atoms with Crippen molar-refractivity contribution in [1.82, 2.24) is 0 Å². The van der Waals surface area contributed by atoms with Crippen molar-refractivity contribution in [2.75, 3.05) is 0 Å². The fraction of sp³-hybridized carbons (Fsp3) is 0. The Hall–Kier alpha value is 1.61. The first kappa shape index (κ1) is 16.0. The van der Waals surface area contributed by atoms with E-state index in [0.717, 1.165) is 0 Å². The fourth-order valence-electron chi connectivity index (χ4n) is 0. The van der Waals surface area contributed by atoms with E-state index in [0.29, 0.717) is 49.0 Å². The number of hydrogen-bond acceptors (Lipinski definition) is 1. The number of nitrogens with zero attached hydrogens (tertiary/aromatic N) is 1. The van der Waals surface area contributed by atoms with Crippen molar-refractivity contribution in [1.29, 1.82) is 5.26 Å². The Morgan fingerprint density at radius 1 is 1.60 bits per heavy atom. The Labute approximate surface area is 75.3 Å². The summed E-state index contributed by atoms with van der Waals surface area (Å²) in [5.74, 6) is 0. The normalized spacial score (nSPS) is 1.80. The van der Waals surface area contributed by atoms with Crippen LogP contribution in [0.5, 0.6) is 0 Å². The summed E-state index contributed by atoms with van der Waals surface area (Å²) < 4.78 is 1.94. The zero-order valence-corrected chi connectivity index (χ0v) is 7.03. The Morgan fingerprint density at radius 3 is 1.60 bits per heavy atom. The molecule has 0 amide bonds. The van der Waals surface area contributed by atoms with Crippen LogP contribution in [0, 0.1) is 5.43 Å². The van der Waals surface area contributed by atoms with Crippen molar-refractivity contribution in [2.24, 2.45) is 0 Å². The summed E-state index contributed by atoms with van der Waals surface area (Å²) in [5.41, 5.74) is 0. The van der Waals surface area contributed by atoms with Crippen molar-refractivity contribution < 1.29 is 22.5 Å². The van der Waals surface area contributed by atoms with Crippen LogP contribution in [-0.4, -0.2) is 54.4 Å². The SMILES string of the molecule is N#[C][K].O.[Fe]. The molecule has 0 radical (unpaired) electrons. The van der Waals surface area contributed by atoms with Gasteiger partial charge in [-0.25, -0.2) is 0 Å². The Kier molecular flexibility index (Phi) is 55.9. The van der Waals surface area contributed by atoms with E-state index in [1.807, 2.05) is 0.164 Å². The fourth-order valence-corrected chi connectivity index (χ4v) is 0. The Bertz CT molecular complexity index is 33.1. The van der Waals surface area contributed by atoms with Crippen LogP contribution in [-0.2, 0) is 17.1 Å². The molecule has 0 aromatic rings. The van der Waals surface area contributed by atoms with Gasteiger partial charge in [-0.1, -0.05) is 0 Å². The van der Waals surface area contributed by atoms with Gasteiger partial charge in [-0.15, -0.1) is 0 Å². The summed E-state index contributed by atoms with van der Waals surface area (Å²) >= 11 is 0.410. The van der Waals surface area contributed by atoms with Crippen LogP contribution in [0.3, 0.4) is 0 Å². The van der Waals surface area contributed by atoms with E-state index < -0.39 is 0 Å². The number of nitriles is 1. The maximum Gasteiger partial charge on any atom is 0 e. The largest absolute Gasteiger partial charge is 0.412 e. The zero-order chi connectivity index (χ0) is 2.71. The van der Waals surface area contributed by atoms with Crippen LogP contribution in [0.2, 0.25) is 0 Å². The average molecular weight is 139 g/mol. The van der Waals surface area contributed by atoms with Crippen molar-refractivity contribution in [3.63, 3.8) is 0 Å². The van der Waals surface area contributed by atoms with E-state index in [1.165, 1.54) is 0 Å². The molecule has 0 aromatic carbocycles. The van der Waals surface area contributed by atoms with Crippen LogP contribution >= 0.6 is 0 Å². The van der Waals surface area contributed by atoms with E-state index in [9.17, 15) is 0 Å². The quantitative estimate of drug-likeness (QED) is 0.389. The smallest absolute Gasteiger partial charge is 0 e. The van der Waals surface area contributed by atoms with Gasteiger partial charge < -0.3 is 5.48 Å². The Morgan fingerprint density at radius 2 is 1.60 bits per heavy atom. The molecule has 4 heteroatoms. The van der Waals surface area contributed by atoms with Crippen molar-refractivity contribution >= 4 is 49.0 Å². The second-order valence-corrected chi connectivity index (χ2v) is 0.922. The predicted octanol–water partition coefficient (Wildman–Crippen LogP) is -1.19. The minimum absolute atomic E-state index is 0. The van der Waals surface area contributed by atoms with Gasteiger partial charge in [0, 0.05) is 17.1 Å². The molecule has 0 unspecified atom stereocenters. The summed E-state index contributed by atoms with van der Waals surface area (Å²) in [6.07, 6.45) is 0. The topological polar surface area (TPSA) is 55.3 Å². The standard InChI is InChI=1S/CN.Fe.K.H2O/c1-2;;;/h;;;1H2. The van der Waals surface area contributed by atoms with Crippen molar-refractivity contribution in [3.8, 4) is 0.164 Å². The van der Waals surface area contributed by atoms with Gasteiger partial charge in [-0.05, 0) is 0 Å². The third-order valence-electron chi connectivity index (χ3n) is 0. The molecule has 0 bridgehead atoms. The van der Waals surface area contributed by atoms with Crippen molar-refractivity contribution in [2.45, 2.75) is 0 Å². The summed E-state index contributed by atoms with van der Waals surface area (Å²) in [5, 5.41) is 7.40. The molecule has 0 saturated heterocycles. The van der Waals surface area contributed by atoms with Crippen LogP contribution in [0.15, 0.2) is 0 Å². The van der Waals surface area contributed by atoms with Crippen LogP contribution in [0.1, 0.15) is 0 Å². The summed E-state index contributed by atoms with van der Waals surface area (Å²) in [4.78, 5) is 0. The molecule has 0 spiro atoms.